The maximum Gasteiger partial charge on any atom is 0.262 e. The van der Waals surface area contributed by atoms with E-state index in [1.54, 1.807) is 10.6 Å². The third-order valence-electron chi connectivity index (χ3n) is 4.81. The molecule has 31 heavy (non-hydrogen) atoms. The van der Waals surface area contributed by atoms with Crippen LogP contribution in [0.15, 0.2) is 64.5 Å². The molecule has 1 heterocycles. The molecule has 0 spiro atoms. The molecule has 0 radical (unpaired) electrons. The molecule has 1 atom stereocenters. The SMILES string of the molecule is CC(C)OCCCn1c(SCC(=O)NC(C)c2ccccc2)nc2ccccc2c1=O. The summed E-state index contributed by atoms with van der Waals surface area (Å²) >= 11 is 1.28. The van der Waals surface area contributed by atoms with E-state index in [1.165, 1.54) is 11.8 Å². The summed E-state index contributed by atoms with van der Waals surface area (Å²) in [7, 11) is 0. The first kappa shape index (κ1) is 23.0. The number of fused-ring (bicyclic) bond motifs is 1. The second-order valence-electron chi connectivity index (χ2n) is 7.63. The van der Waals surface area contributed by atoms with Crippen LogP contribution in [-0.4, -0.2) is 33.9 Å². The van der Waals surface area contributed by atoms with E-state index in [4.69, 9.17) is 4.74 Å². The Morgan fingerprint density at radius 2 is 1.81 bits per heavy atom. The second-order valence-corrected chi connectivity index (χ2v) is 8.57. The Labute approximate surface area is 187 Å². The molecule has 0 saturated carbocycles. The predicted octanol–water partition coefficient (Wildman–Crippen LogP) is 4.18. The topological polar surface area (TPSA) is 73.2 Å². The highest BCUT2D eigenvalue weighted by atomic mass is 32.2. The van der Waals surface area contributed by atoms with E-state index in [0.717, 1.165) is 5.56 Å². The van der Waals surface area contributed by atoms with E-state index in [0.29, 0.717) is 35.6 Å². The molecule has 164 valence electrons. The summed E-state index contributed by atoms with van der Waals surface area (Å²) in [5, 5.41) is 4.14. The van der Waals surface area contributed by atoms with Crippen LogP contribution < -0.4 is 10.9 Å². The molecule has 6 nitrogen and oxygen atoms in total. The van der Waals surface area contributed by atoms with Crippen LogP contribution in [0, 0.1) is 0 Å². The molecule has 0 saturated heterocycles. The molecule has 3 aromatic rings. The lowest BCUT2D eigenvalue weighted by Gasteiger charge is -2.16. The van der Waals surface area contributed by atoms with Gasteiger partial charge in [0.25, 0.3) is 5.56 Å². The molecular formula is C24H29N3O3S. The summed E-state index contributed by atoms with van der Waals surface area (Å²) < 4.78 is 7.27. The van der Waals surface area contributed by atoms with E-state index in [2.05, 4.69) is 10.3 Å². The number of nitrogens with zero attached hydrogens (tertiary/aromatic N) is 2. The first-order chi connectivity index (χ1) is 15.0. The lowest BCUT2D eigenvalue weighted by molar-refractivity contribution is -0.119. The summed E-state index contributed by atoms with van der Waals surface area (Å²) in [4.78, 5) is 30.2. The standard InChI is InChI=1S/C24H29N3O3S/c1-17(2)30-15-9-14-27-23(29)20-12-7-8-13-21(20)26-24(27)31-16-22(28)25-18(3)19-10-5-4-6-11-19/h4-8,10-13,17-18H,9,14-16H2,1-3H3,(H,25,28). The number of para-hydroxylation sites is 1. The van der Waals surface area contributed by atoms with Crippen LogP contribution >= 0.6 is 11.8 Å². The number of carbonyl (C=O) groups is 1. The van der Waals surface area contributed by atoms with Gasteiger partial charge in [0.1, 0.15) is 0 Å². The monoisotopic (exact) mass is 439 g/mol. The van der Waals surface area contributed by atoms with Crippen LogP contribution in [0.4, 0.5) is 0 Å². The van der Waals surface area contributed by atoms with Crippen LogP contribution in [0.5, 0.6) is 0 Å². The van der Waals surface area contributed by atoms with Crippen molar-refractivity contribution in [1.29, 1.82) is 0 Å². The van der Waals surface area contributed by atoms with Crippen molar-refractivity contribution >= 4 is 28.6 Å². The molecule has 3 rings (SSSR count). The van der Waals surface area contributed by atoms with Gasteiger partial charge in [-0.05, 0) is 44.9 Å². The molecule has 0 bridgehead atoms. The van der Waals surface area contributed by atoms with Gasteiger partial charge in [-0.25, -0.2) is 4.98 Å². The summed E-state index contributed by atoms with van der Waals surface area (Å²) in [5.41, 5.74) is 1.60. The number of nitrogens with one attached hydrogen (secondary N) is 1. The van der Waals surface area contributed by atoms with Crippen LogP contribution in [0.25, 0.3) is 10.9 Å². The van der Waals surface area contributed by atoms with Crippen molar-refractivity contribution in [3.05, 3.63) is 70.5 Å². The van der Waals surface area contributed by atoms with Gasteiger partial charge in [0.15, 0.2) is 5.16 Å². The van der Waals surface area contributed by atoms with Crippen LogP contribution in [-0.2, 0) is 16.1 Å². The van der Waals surface area contributed by atoms with Gasteiger partial charge in [0, 0.05) is 13.2 Å². The highest BCUT2D eigenvalue weighted by Gasteiger charge is 2.15. The number of amides is 1. The molecule has 0 aliphatic carbocycles. The van der Waals surface area contributed by atoms with Gasteiger partial charge >= 0.3 is 0 Å². The van der Waals surface area contributed by atoms with Crippen molar-refractivity contribution in [3.63, 3.8) is 0 Å². The molecule has 1 amide bonds. The van der Waals surface area contributed by atoms with Gasteiger partial charge in [0.2, 0.25) is 5.91 Å². The number of rotatable bonds is 10. The number of hydrogen-bond acceptors (Lipinski definition) is 5. The molecule has 0 fully saturated rings. The summed E-state index contributed by atoms with van der Waals surface area (Å²) in [5.74, 6) is 0.0863. The highest BCUT2D eigenvalue weighted by Crippen LogP contribution is 2.19. The number of ether oxygens (including phenoxy) is 1. The zero-order chi connectivity index (χ0) is 22.2. The number of aromatic nitrogens is 2. The predicted molar refractivity (Wildman–Crippen MR) is 125 cm³/mol. The Kier molecular flexibility index (Phi) is 8.26. The summed E-state index contributed by atoms with van der Waals surface area (Å²) in [6.45, 7) is 6.99. The maximum absolute atomic E-state index is 13.1. The highest BCUT2D eigenvalue weighted by molar-refractivity contribution is 7.99. The number of thioether (sulfide) groups is 1. The lowest BCUT2D eigenvalue weighted by Crippen LogP contribution is -2.29. The van der Waals surface area contributed by atoms with Gasteiger partial charge in [-0.1, -0.05) is 54.2 Å². The van der Waals surface area contributed by atoms with Crippen molar-refractivity contribution in [1.82, 2.24) is 14.9 Å². The van der Waals surface area contributed by atoms with E-state index in [1.807, 2.05) is 69.3 Å². The smallest absolute Gasteiger partial charge is 0.262 e. The van der Waals surface area contributed by atoms with Crippen LogP contribution in [0.2, 0.25) is 0 Å². The Hall–Kier alpha value is -2.64. The third kappa shape index (κ3) is 6.42. The van der Waals surface area contributed by atoms with Gasteiger partial charge in [-0.2, -0.15) is 0 Å². The van der Waals surface area contributed by atoms with Gasteiger partial charge in [-0.15, -0.1) is 0 Å². The van der Waals surface area contributed by atoms with Gasteiger partial charge in [0.05, 0.1) is 28.8 Å². The molecular weight excluding hydrogens is 410 g/mol. The second kappa shape index (κ2) is 11.1. The number of benzene rings is 2. The summed E-state index contributed by atoms with van der Waals surface area (Å²) in [6, 6.07) is 17.0. The minimum atomic E-state index is -0.0987. The maximum atomic E-state index is 13.1. The molecule has 1 aromatic heterocycles. The van der Waals surface area contributed by atoms with E-state index in [-0.39, 0.29) is 29.4 Å². The largest absolute Gasteiger partial charge is 0.379 e. The molecule has 7 heteroatoms. The van der Waals surface area contributed by atoms with Crippen molar-refractivity contribution in [2.75, 3.05) is 12.4 Å². The van der Waals surface area contributed by atoms with Gasteiger partial charge in [-0.3, -0.25) is 14.2 Å². The number of hydrogen-bond donors (Lipinski definition) is 1. The quantitative estimate of drug-likeness (QED) is 0.291. The molecule has 0 aliphatic rings. The fourth-order valence-corrected chi connectivity index (χ4v) is 4.07. The average Bonchev–Trinajstić information content (AvgIpc) is 2.77. The van der Waals surface area contributed by atoms with Crippen LogP contribution in [0.1, 0.15) is 38.8 Å². The lowest BCUT2D eigenvalue weighted by atomic mass is 10.1. The van der Waals surface area contributed by atoms with E-state index in [9.17, 15) is 9.59 Å². The molecule has 1 unspecified atom stereocenters. The zero-order valence-corrected chi connectivity index (χ0v) is 19.0. The first-order valence-corrected chi connectivity index (χ1v) is 11.5. The van der Waals surface area contributed by atoms with Crippen molar-refractivity contribution in [3.8, 4) is 0 Å². The summed E-state index contributed by atoms with van der Waals surface area (Å²) in [6.07, 6.45) is 0.846. The fraction of sp³-hybridized carbons (Fsp3) is 0.375. The average molecular weight is 440 g/mol. The first-order valence-electron chi connectivity index (χ1n) is 10.5. The molecule has 1 N–H and O–H groups in total. The van der Waals surface area contributed by atoms with Crippen molar-refractivity contribution < 1.29 is 9.53 Å². The Balaban J connectivity index is 1.72. The van der Waals surface area contributed by atoms with Gasteiger partial charge < -0.3 is 10.1 Å². The Morgan fingerprint density at radius 3 is 2.55 bits per heavy atom. The Bertz CT molecular complexity index is 1070. The van der Waals surface area contributed by atoms with Crippen molar-refractivity contribution in [2.45, 2.75) is 51.0 Å². The molecule has 2 aromatic carbocycles. The Morgan fingerprint density at radius 1 is 1.10 bits per heavy atom. The molecule has 0 aliphatic heterocycles. The van der Waals surface area contributed by atoms with E-state index < -0.39 is 0 Å². The normalized spacial score (nSPS) is 12.3. The van der Waals surface area contributed by atoms with Crippen LogP contribution in [0.3, 0.4) is 0 Å². The minimum Gasteiger partial charge on any atom is -0.379 e. The zero-order valence-electron chi connectivity index (χ0n) is 18.2. The van der Waals surface area contributed by atoms with E-state index >= 15 is 0 Å². The number of carbonyl (C=O) groups excluding carboxylic acids is 1. The minimum absolute atomic E-state index is 0.0873. The van der Waals surface area contributed by atoms with Crippen molar-refractivity contribution in [2.24, 2.45) is 0 Å². The third-order valence-corrected chi connectivity index (χ3v) is 5.79. The fourth-order valence-electron chi connectivity index (χ4n) is 3.24.